The number of nitrogens with one attached hydrogen (secondary N) is 2. The molecule has 0 bridgehead atoms. The van der Waals surface area contributed by atoms with E-state index in [9.17, 15) is 9.59 Å². The average Bonchev–Trinajstić information content (AvgIpc) is 2.43. The highest BCUT2D eigenvalue weighted by Crippen LogP contribution is 2.17. The van der Waals surface area contributed by atoms with Crippen LogP contribution in [-0.4, -0.2) is 29.6 Å². The van der Waals surface area contributed by atoms with Crippen molar-refractivity contribution in [2.24, 2.45) is 5.92 Å². The highest BCUT2D eigenvalue weighted by Gasteiger charge is 2.23. The van der Waals surface area contributed by atoms with E-state index in [-0.39, 0.29) is 18.4 Å². The third-order valence-corrected chi connectivity index (χ3v) is 3.84. The number of carboxylic acid groups (broad SMARTS) is 1. The lowest BCUT2D eigenvalue weighted by Crippen LogP contribution is -2.45. The summed E-state index contributed by atoms with van der Waals surface area (Å²) in [5, 5.41) is 14.8. The minimum atomic E-state index is -0.927. The molecule has 0 aliphatic heterocycles. The SMILES string of the molecule is CC[C@H](C)[C@H](NCC(=O)Nc1cccc(C)c1C)C(=O)O. The molecule has 3 N–H and O–H groups in total. The summed E-state index contributed by atoms with van der Waals surface area (Å²) in [6.07, 6.45) is 0.739. The van der Waals surface area contributed by atoms with Crippen LogP contribution >= 0.6 is 0 Å². The van der Waals surface area contributed by atoms with Crippen molar-refractivity contribution in [1.29, 1.82) is 0 Å². The molecule has 5 heteroatoms. The van der Waals surface area contributed by atoms with E-state index < -0.39 is 12.0 Å². The van der Waals surface area contributed by atoms with Gasteiger partial charge in [-0.2, -0.15) is 0 Å². The van der Waals surface area contributed by atoms with Crippen molar-refractivity contribution in [3.63, 3.8) is 0 Å². The van der Waals surface area contributed by atoms with E-state index >= 15 is 0 Å². The molecule has 0 unspecified atom stereocenters. The molecule has 0 radical (unpaired) electrons. The molecular weight excluding hydrogens is 268 g/mol. The Morgan fingerprint density at radius 3 is 2.52 bits per heavy atom. The van der Waals surface area contributed by atoms with E-state index in [4.69, 9.17) is 5.11 Å². The van der Waals surface area contributed by atoms with Crippen LogP contribution in [0.15, 0.2) is 18.2 Å². The Morgan fingerprint density at radius 2 is 1.95 bits per heavy atom. The topological polar surface area (TPSA) is 78.4 Å². The number of carbonyl (C=O) groups is 2. The number of benzene rings is 1. The molecule has 1 aromatic carbocycles. The van der Waals surface area contributed by atoms with Gasteiger partial charge in [-0.15, -0.1) is 0 Å². The van der Waals surface area contributed by atoms with E-state index in [0.29, 0.717) is 0 Å². The van der Waals surface area contributed by atoms with Gasteiger partial charge in [0.25, 0.3) is 0 Å². The van der Waals surface area contributed by atoms with Gasteiger partial charge in [-0.25, -0.2) is 0 Å². The quantitative estimate of drug-likeness (QED) is 0.720. The Labute approximate surface area is 125 Å². The van der Waals surface area contributed by atoms with Gasteiger partial charge in [-0.1, -0.05) is 32.4 Å². The first-order valence-corrected chi connectivity index (χ1v) is 7.19. The molecule has 21 heavy (non-hydrogen) atoms. The number of aliphatic carboxylic acids is 1. The number of aryl methyl sites for hydroxylation is 1. The van der Waals surface area contributed by atoms with Crippen LogP contribution < -0.4 is 10.6 Å². The predicted molar refractivity (Wildman–Crippen MR) is 83.4 cm³/mol. The van der Waals surface area contributed by atoms with Gasteiger partial charge >= 0.3 is 5.97 Å². The van der Waals surface area contributed by atoms with Crippen LogP contribution in [0.4, 0.5) is 5.69 Å². The Hall–Kier alpha value is -1.88. The second-order valence-electron chi connectivity index (χ2n) is 5.38. The maximum atomic E-state index is 11.9. The summed E-state index contributed by atoms with van der Waals surface area (Å²) in [5.41, 5.74) is 2.88. The standard InChI is InChI=1S/C16H24N2O3/c1-5-10(2)15(16(20)21)17-9-14(19)18-13-8-6-7-11(3)12(13)4/h6-8,10,15,17H,5,9H2,1-4H3,(H,18,19)(H,20,21)/t10-,15-/m0/s1. The van der Waals surface area contributed by atoms with Crippen molar-refractivity contribution in [3.05, 3.63) is 29.3 Å². The molecule has 1 aromatic rings. The van der Waals surface area contributed by atoms with E-state index in [1.807, 2.05) is 45.9 Å². The van der Waals surface area contributed by atoms with Crippen molar-refractivity contribution in [2.45, 2.75) is 40.2 Å². The molecule has 0 heterocycles. The van der Waals surface area contributed by atoms with Crippen molar-refractivity contribution in [3.8, 4) is 0 Å². The second-order valence-corrected chi connectivity index (χ2v) is 5.38. The first-order chi connectivity index (χ1) is 9.86. The number of hydrogen-bond acceptors (Lipinski definition) is 3. The van der Waals surface area contributed by atoms with E-state index in [1.54, 1.807) is 0 Å². The highest BCUT2D eigenvalue weighted by atomic mass is 16.4. The zero-order chi connectivity index (χ0) is 16.0. The van der Waals surface area contributed by atoms with Gasteiger partial charge in [0, 0.05) is 5.69 Å². The molecule has 116 valence electrons. The van der Waals surface area contributed by atoms with Crippen LogP contribution in [0.3, 0.4) is 0 Å². The molecule has 0 saturated heterocycles. The molecule has 2 atom stereocenters. The molecule has 0 fully saturated rings. The number of rotatable bonds is 7. The number of carboxylic acids is 1. The average molecular weight is 292 g/mol. The molecule has 5 nitrogen and oxygen atoms in total. The van der Waals surface area contributed by atoms with Gasteiger partial charge in [0.2, 0.25) is 5.91 Å². The van der Waals surface area contributed by atoms with Gasteiger partial charge in [0.1, 0.15) is 6.04 Å². The number of anilines is 1. The minimum absolute atomic E-state index is 0.0192. The zero-order valence-corrected chi connectivity index (χ0v) is 13.1. The number of hydrogen-bond donors (Lipinski definition) is 3. The van der Waals surface area contributed by atoms with Gasteiger partial charge < -0.3 is 10.4 Å². The molecule has 1 rings (SSSR count). The van der Waals surface area contributed by atoms with Crippen LogP contribution in [0.2, 0.25) is 0 Å². The van der Waals surface area contributed by atoms with Crippen LogP contribution in [0.25, 0.3) is 0 Å². The number of carbonyl (C=O) groups excluding carboxylic acids is 1. The van der Waals surface area contributed by atoms with Gasteiger partial charge in [0.15, 0.2) is 0 Å². The zero-order valence-electron chi connectivity index (χ0n) is 13.1. The minimum Gasteiger partial charge on any atom is -0.480 e. The lowest BCUT2D eigenvalue weighted by atomic mass is 9.99. The Balaban J connectivity index is 2.61. The first-order valence-electron chi connectivity index (χ1n) is 7.19. The normalized spacial score (nSPS) is 13.5. The summed E-state index contributed by atoms with van der Waals surface area (Å²) >= 11 is 0. The lowest BCUT2D eigenvalue weighted by Gasteiger charge is -2.20. The summed E-state index contributed by atoms with van der Waals surface area (Å²) in [6, 6.07) is 4.99. The largest absolute Gasteiger partial charge is 0.480 e. The first kappa shape index (κ1) is 17.2. The van der Waals surface area contributed by atoms with E-state index in [2.05, 4.69) is 10.6 Å². The van der Waals surface area contributed by atoms with Crippen LogP contribution in [0.1, 0.15) is 31.4 Å². The molecule has 0 spiro atoms. The van der Waals surface area contributed by atoms with Crippen molar-refractivity contribution >= 4 is 17.6 Å². The summed E-state index contributed by atoms with van der Waals surface area (Å²) in [5.74, 6) is -1.20. The third-order valence-electron chi connectivity index (χ3n) is 3.84. The maximum Gasteiger partial charge on any atom is 0.320 e. The molecule has 0 aliphatic carbocycles. The lowest BCUT2D eigenvalue weighted by molar-refractivity contribution is -0.140. The van der Waals surface area contributed by atoms with Crippen LogP contribution in [0, 0.1) is 19.8 Å². The van der Waals surface area contributed by atoms with Crippen molar-refractivity contribution in [1.82, 2.24) is 5.32 Å². The second kappa shape index (κ2) is 7.78. The Kier molecular flexibility index (Phi) is 6.37. The van der Waals surface area contributed by atoms with E-state index in [1.165, 1.54) is 0 Å². The molecule has 0 aromatic heterocycles. The van der Waals surface area contributed by atoms with E-state index in [0.717, 1.165) is 23.2 Å². The van der Waals surface area contributed by atoms with Gasteiger partial charge in [-0.05, 0) is 37.0 Å². The Bertz CT molecular complexity index is 514. The van der Waals surface area contributed by atoms with Crippen molar-refractivity contribution in [2.75, 3.05) is 11.9 Å². The summed E-state index contributed by atoms with van der Waals surface area (Å²) in [4.78, 5) is 23.1. The number of amides is 1. The van der Waals surface area contributed by atoms with Crippen molar-refractivity contribution < 1.29 is 14.7 Å². The van der Waals surface area contributed by atoms with Crippen LogP contribution in [0.5, 0.6) is 0 Å². The maximum absolute atomic E-state index is 11.9. The third kappa shape index (κ3) is 4.86. The van der Waals surface area contributed by atoms with Gasteiger partial charge in [0.05, 0.1) is 6.54 Å². The van der Waals surface area contributed by atoms with Crippen LogP contribution in [-0.2, 0) is 9.59 Å². The molecule has 1 amide bonds. The fourth-order valence-electron chi connectivity index (χ4n) is 2.05. The summed E-state index contributed by atoms with van der Waals surface area (Å²) in [6.45, 7) is 7.69. The molecule has 0 aliphatic rings. The monoisotopic (exact) mass is 292 g/mol. The predicted octanol–water partition coefficient (Wildman–Crippen LogP) is 2.33. The summed E-state index contributed by atoms with van der Waals surface area (Å²) < 4.78 is 0. The smallest absolute Gasteiger partial charge is 0.320 e. The highest BCUT2D eigenvalue weighted by molar-refractivity contribution is 5.93. The summed E-state index contributed by atoms with van der Waals surface area (Å²) in [7, 11) is 0. The molecule has 0 saturated carbocycles. The Morgan fingerprint density at radius 1 is 1.29 bits per heavy atom. The fourth-order valence-corrected chi connectivity index (χ4v) is 2.05. The van der Waals surface area contributed by atoms with Gasteiger partial charge in [-0.3, -0.25) is 14.9 Å². The fraction of sp³-hybridized carbons (Fsp3) is 0.500. The molecular formula is C16H24N2O3.